The van der Waals surface area contributed by atoms with Gasteiger partial charge in [-0.15, -0.1) is 0 Å². The molecule has 0 aromatic rings. The lowest BCUT2D eigenvalue weighted by atomic mass is 10.0. The van der Waals surface area contributed by atoms with Gasteiger partial charge in [0.2, 0.25) is 0 Å². The Balaban J connectivity index is 3.14. The predicted molar refractivity (Wildman–Crippen MR) is 177 cm³/mol. The lowest BCUT2D eigenvalue weighted by Crippen LogP contribution is -1.84. The maximum Gasteiger partial charge on any atom is -0.0348 e. The van der Waals surface area contributed by atoms with Crippen LogP contribution in [0.3, 0.4) is 0 Å². The molecule has 0 bridgehead atoms. The fourth-order valence-corrected chi connectivity index (χ4v) is 5.62. The predicted octanol–water partition coefficient (Wildman–Crippen LogP) is 14.6. The summed E-state index contributed by atoms with van der Waals surface area (Å²) in [5, 5.41) is 0. The third-order valence-electron chi connectivity index (χ3n) is 8.33. The van der Waals surface area contributed by atoms with Crippen molar-refractivity contribution in [1.29, 1.82) is 0 Å². The van der Waals surface area contributed by atoms with E-state index in [0.29, 0.717) is 0 Å². The van der Waals surface area contributed by atoms with E-state index in [9.17, 15) is 0 Å². The third-order valence-corrected chi connectivity index (χ3v) is 8.33. The van der Waals surface area contributed by atoms with Crippen molar-refractivity contribution < 1.29 is 0 Å². The van der Waals surface area contributed by atoms with E-state index in [1.54, 1.807) is 0 Å². The zero-order chi connectivity index (χ0) is 27.5. The molecule has 38 heavy (non-hydrogen) atoms. The Labute approximate surface area is 243 Å². The van der Waals surface area contributed by atoms with E-state index in [4.69, 9.17) is 0 Å². The van der Waals surface area contributed by atoms with Crippen LogP contribution < -0.4 is 0 Å². The molecule has 0 heterocycles. The van der Waals surface area contributed by atoms with Crippen molar-refractivity contribution in [1.82, 2.24) is 0 Å². The van der Waals surface area contributed by atoms with Crippen molar-refractivity contribution in [2.24, 2.45) is 0 Å². The zero-order valence-electron chi connectivity index (χ0n) is 26.9. The van der Waals surface area contributed by atoms with Crippen LogP contribution in [0.5, 0.6) is 0 Å². The number of unbranched alkanes of at least 4 members (excludes halogenated alkanes) is 30. The smallest absolute Gasteiger partial charge is 0.0348 e. The molecular weight excluding hydrogens is 456 g/mol. The number of hydrogen-bond acceptors (Lipinski definition) is 0. The van der Waals surface area contributed by atoms with Gasteiger partial charge in [-0.2, -0.15) is 0 Å². The molecule has 0 unspecified atom stereocenters. The highest BCUT2D eigenvalue weighted by Gasteiger charge is 1.95. The normalized spacial score (nSPS) is 11.9. The summed E-state index contributed by atoms with van der Waals surface area (Å²) in [6.07, 6.45) is 55.4. The molecule has 0 nitrogen and oxygen atoms in total. The summed E-state index contributed by atoms with van der Waals surface area (Å²) in [7, 11) is 0. The first-order valence-corrected chi connectivity index (χ1v) is 18.2. The second-order valence-electron chi connectivity index (χ2n) is 12.3. The Bertz CT molecular complexity index is 445. The molecular formula is C38H74. The van der Waals surface area contributed by atoms with Crippen LogP contribution in [0.15, 0.2) is 24.3 Å². The number of rotatable bonds is 33. The van der Waals surface area contributed by atoms with E-state index in [2.05, 4.69) is 38.2 Å². The van der Waals surface area contributed by atoms with E-state index in [-0.39, 0.29) is 0 Å². The monoisotopic (exact) mass is 531 g/mol. The molecule has 0 saturated heterocycles. The quantitative estimate of drug-likeness (QED) is 0.0584. The SMILES string of the molecule is CCCCCCCCCCCCCCC=CC=CCCCCCCCCCCCCCCCCCCCC. The summed E-state index contributed by atoms with van der Waals surface area (Å²) >= 11 is 0. The second kappa shape index (κ2) is 36.5. The molecule has 0 atom stereocenters. The van der Waals surface area contributed by atoms with Gasteiger partial charge in [0, 0.05) is 0 Å². The summed E-state index contributed by atoms with van der Waals surface area (Å²) in [5.41, 5.74) is 0. The van der Waals surface area contributed by atoms with Gasteiger partial charge >= 0.3 is 0 Å². The van der Waals surface area contributed by atoms with Crippen molar-refractivity contribution in [2.75, 3.05) is 0 Å². The van der Waals surface area contributed by atoms with Crippen molar-refractivity contribution in [3.63, 3.8) is 0 Å². The van der Waals surface area contributed by atoms with E-state index < -0.39 is 0 Å². The Kier molecular flexibility index (Phi) is 36.0. The fraction of sp³-hybridized carbons (Fsp3) is 0.895. The van der Waals surface area contributed by atoms with Gasteiger partial charge in [-0.05, 0) is 25.7 Å². The lowest BCUT2D eigenvalue weighted by molar-refractivity contribution is 0.525. The van der Waals surface area contributed by atoms with Gasteiger partial charge < -0.3 is 0 Å². The largest absolute Gasteiger partial charge is 0.0845 e. The fourth-order valence-electron chi connectivity index (χ4n) is 5.62. The first-order chi connectivity index (χ1) is 18.9. The minimum absolute atomic E-state index is 1.26. The third kappa shape index (κ3) is 35.5. The van der Waals surface area contributed by atoms with Crippen LogP contribution in [0.2, 0.25) is 0 Å². The minimum atomic E-state index is 1.26. The second-order valence-corrected chi connectivity index (χ2v) is 12.3. The van der Waals surface area contributed by atoms with E-state index in [0.717, 1.165) is 0 Å². The molecule has 0 spiro atoms. The summed E-state index contributed by atoms with van der Waals surface area (Å²) in [6.45, 7) is 4.61. The van der Waals surface area contributed by atoms with Crippen molar-refractivity contribution in [2.45, 2.75) is 219 Å². The molecule has 0 N–H and O–H groups in total. The van der Waals surface area contributed by atoms with Crippen LogP contribution in [0.4, 0.5) is 0 Å². The zero-order valence-corrected chi connectivity index (χ0v) is 26.9. The van der Waals surface area contributed by atoms with Gasteiger partial charge in [0.25, 0.3) is 0 Å². The molecule has 226 valence electrons. The Hall–Kier alpha value is -0.520. The molecule has 0 fully saturated rings. The minimum Gasteiger partial charge on any atom is -0.0845 e. The molecule has 0 radical (unpaired) electrons. The van der Waals surface area contributed by atoms with Crippen molar-refractivity contribution in [3.8, 4) is 0 Å². The highest BCUT2D eigenvalue weighted by Crippen LogP contribution is 2.15. The maximum absolute atomic E-state index is 2.38. The van der Waals surface area contributed by atoms with E-state index in [1.165, 1.54) is 205 Å². The van der Waals surface area contributed by atoms with Gasteiger partial charge in [-0.3, -0.25) is 0 Å². The van der Waals surface area contributed by atoms with Crippen LogP contribution in [0, 0.1) is 0 Å². The van der Waals surface area contributed by atoms with Crippen LogP contribution >= 0.6 is 0 Å². The van der Waals surface area contributed by atoms with Crippen molar-refractivity contribution >= 4 is 0 Å². The molecule has 0 aliphatic carbocycles. The van der Waals surface area contributed by atoms with Gasteiger partial charge in [0.05, 0.1) is 0 Å². The first-order valence-electron chi connectivity index (χ1n) is 18.2. The first kappa shape index (κ1) is 37.5. The highest BCUT2D eigenvalue weighted by atomic mass is 14.0. The molecule has 0 saturated carbocycles. The van der Waals surface area contributed by atoms with Crippen LogP contribution in [-0.4, -0.2) is 0 Å². The summed E-state index contributed by atoms with van der Waals surface area (Å²) in [6, 6.07) is 0. The Morgan fingerprint density at radius 1 is 0.237 bits per heavy atom. The van der Waals surface area contributed by atoms with Gasteiger partial charge in [-0.1, -0.05) is 218 Å². The number of hydrogen-bond donors (Lipinski definition) is 0. The summed E-state index contributed by atoms with van der Waals surface area (Å²) in [5.74, 6) is 0. The average molecular weight is 531 g/mol. The van der Waals surface area contributed by atoms with Crippen LogP contribution in [-0.2, 0) is 0 Å². The lowest BCUT2D eigenvalue weighted by Gasteiger charge is -2.03. The highest BCUT2D eigenvalue weighted by molar-refractivity contribution is 5.02. The molecule has 0 aliphatic rings. The Morgan fingerprint density at radius 2 is 0.421 bits per heavy atom. The van der Waals surface area contributed by atoms with Gasteiger partial charge in [0.1, 0.15) is 0 Å². The molecule has 0 rings (SSSR count). The topological polar surface area (TPSA) is 0 Å². The van der Waals surface area contributed by atoms with Crippen LogP contribution in [0.1, 0.15) is 219 Å². The number of allylic oxidation sites excluding steroid dienone is 4. The molecule has 0 aromatic heterocycles. The molecule has 0 amide bonds. The average Bonchev–Trinajstić information content (AvgIpc) is 2.93. The van der Waals surface area contributed by atoms with Crippen LogP contribution in [0.25, 0.3) is 0 Å². The maximum atomic E-state index is 2.38. The van der Waals surface area contributed by atoms with E-state index in [1.807, 2.05) is 0 Å². The molecule has 0 aliphatic heterocycles. The molecule has 0 aromatic carbocycles. The summed E-state index contributed by atoms with van der Waals surface area (Å²) in [4.78, 5) is 0. The summed E-state index contributed by atoms with van der Waals surface area (Å²) < 4.78 is 0. The standard InChI is InChI=1S/C38H74/c1-3-5-7-9-11-13-15-17-19-21-23-25-27-29-31-33-35-37-38-36-34-32-30-28-26-24-22-20-18-16-14-12-10-8-6-4-2/h29,31,33,35H,3-28,30,32,34,36-38H2,1-2H3. The van der Waals surface area contributed by atoms with Crippen molar-refractivity contribution in [3.05, 3.63) is 24.3 Å². The Morgan fingerprint density at radius 3 is 0.632 bits per heavy atom. The van der Waals surface area contributed by atoms with Gasteiger partial charge in [0.15, 0.2) is 0 Å². The molecule has 0 heteroatoms. The van der Waals surface area contributed by atoms with E-state index >= 15 is 0 Å². The van der Waals surface area contributed by atoms with Gasteiger partial charge in [-0.25, -0.2) is 0 Å².